The highest BCUT2D eigenvalue weighted by Crippen LogP contribution is 2.39. The van der Waals surface area contributed by atoms with Crippen molar-refractivity contribution < 1.29 is 14.3 Å². The van der Waals surface area contributed by atoms with Crippen molar-refractivity contribution in [1.29, 1.82) is 0 Å². The Morgan fingerprint density at radius 1 is 1.41 bits per heavy atom. The molecule has 3 nitrogen and oxygen atoms in total. The maximum absolute atomic E-state index is 11.7. The van der Waals surface area contributed by atoms with Crippen LogP contribution in [0, 0.1) is 5.92 Å². The summed E-state index contributed by atoms with van der Waals surface area (Å²) in [4.78, 5) is 11.7. The average Bonchev–Trinajstić information content (AvgIpc) is 3.12. The van der Waals surface area contributed by atoms with E-state index in [0.29, 0.717) is 12.4 Å². The topological polar surface area (TPSA) is 35.5 Å². The van der Waals surface area contributed by atoms with E-state index in [1.54, 1.807) is 0 Å². The first-order valence-corrected chi connectivity index (χ1v) is 6.70. The van der Waals surface area contributed by atoms with E-state index in [1.165, 1.54) is 0 Å². The lowest BCUT2D eigenvalue weighted by atomic mass is 10.1. The van der Waals surface area contributed by atoms with Crippen molar-refractivity contribution in [1.82, 2.24) is 0 Å². The van der Waals surface area contributed by atoms with E-state index in [4.69, 9.17) is 9.47 Å². The van der Waals surface area contributed by atoms with Gasteiger partial charge in [0.2, 0.25) is 0 Å². The minimum atomic E-state index is -0.125. The summed E-state index contributed by atoms with van der Waals surface area (Å²) in [7, 11) is 0. The molecular weight excluding hydrogens is 284 g/mol. The molecule has 0 atom stereocenters. The van der Waals surface area contributed by atoms with Gasteiger partial charge in [0.15, 0.2) is 11.5 Å². The Kier molecular flexibility index (Phi) is 2.82. The highest BCUT2D eigenvalue weighted by atomic mass is 79.9. The van der Waals surface area contributed by atoms with E-state index in [2.05, 4.69) is 15.9 Å². The summed E-state index contributed by atoms with van der Waals surface area (Å²) in [5, 5.41) is 0. The third kappa shape index (κ3) is 2.32. The molecule has 90 valence electrons. The van der Waals surface area contributed by atoms with Crippen LogP contribution in [0.25, 0.3) is 0 Å². The van der Waals surface area contributed by atoms with Crippen LogP contribution < -0.4 is 9.47 Å². The minimum absolute atomic E-state index is 0.105. The van der Waals surface area contributed by atoms with E-state index in [9.17, 15) is 4.79 Å². The molecule has 1 aliphatic carbocycles. The van der Waals surface area contributed by atoms with Gasteiger partial charge >= 0.3 is 5.97 Å². The monoisotopic (exact) mass is 296 g/mol. The molecule has 0 spiro atoms. The molecule has 1 fully saturated rings. The number of benzene rings is 1. The maximum Gasteiger partial charge on any atom is 0.314 e. The van der Waals surface area contributed by atoms with Crippen molar-refractivity contribution in [3.05, 3.63) is 22.2 Å². The summed E-state index contributed by atoms with van der Waals surface area (Å²) >= 11 is 3.44. The highest BCUT2D eigenvalue weighted by Gasteiger charge is 2.32. The molecule has 3 rings (SSSR count). The molecule has 1 aromatic carbocycles. The summed E-state index contributed by atoms with van der Waals surface area (Å²) < 4.78 is 12.0. The quantitative estimate of drug-likeness (QED) is 0.621. The fourth-order valence-corrected chi connectivity index (χ4v) is 2.48. The minimum Gasteiger partial charge on any atom is -0.489 e. The van der Waals surface area contributed by atoms with Crippen LogP contribution >= 0.6 is 15.9 Å². The second-order valence-electron chi connectivity index (χ2n) is 4.54. The molecule has 1 heterocycles. The third-order valence-corrected chi connectivity index (χ3v) is 3.51. The predicted octanol–water partition coefficient (Wildman–Crippen LogP) is 3.09. The zero-order chi connectivity index (χ0) is 11.8. The second kappa shape index (κ2) is 4.33. The van der Waals surface area contributed by atoms with Gasteiger partial charge in [-0.3, -0.25) is 4.79 Å². The van der Waals surface area contributed by atoms with E-state index in [0.717, 1.165) is 41.5 Å². The molecule has 1 aromatic rings. The van der Waals surface area contributed by atoms with E-state index in [-0.39, 0.29) is 11.9 Å². The van der Waals surface area contributed by atoms with Gasteiger partial charge in [0.05, 0.1) is 12.5 Å². The normalized spacial score (nSPS) is 18.2. The average molecular weight is 297 g/mol. The number of halogens is 1. The SMILES string of the molecule is O=C(Oc1cc(Br)cc2c1OCCC2)C1CC1. The first kappa shape index (κ1) is 11.1. The van der Waals surface area contributed by atoms with Crippen molar-refractivity contribution in [2.45, 2.75) is 25.7 Å². The van der Waals surface area contributed by atoms with Gasteiger partial charge < -0.3 is 9.47 Å². The van der Waals surface area contributed by atoms with Gasteiger partial charge in [-0.15, -0.1) is 0 Å². The molecule has 0 bridgehead atoms. The number of esters is 1. The van der Waals surface area contributed by atoms with Crippen LogP contribution in [0.3, 0.4) is 0 Å². The van der Waals surface area contributed by atoms with Crippen molar-refractivity contribution in [3.8, 4) is 11.5 Å². The number of aryl methyl sites for hydroxylation is 1. The Morgan fingerprint density at radius 3 is 3.00 bits per heavy atom. The van der Waals surface area contributed by atoms with Gasteiger partial charge in [0.1, 0.15) is 0 Å². The van der Waals surface area contributed by atoms with Gasteiger partial charge in [-0.2, -0.15) is 0 Å². The van der Waals surface area contributed by atoms with Crippen molar-refractivity contribution in [2.75, 3.05) is 6.61 Å². The Hall–Kier alpha value is -1.03. The molecule has 0 aromatic heterocycles. The first-order valence-electron chi connectivity index (χ1n) is 5.91. The van der Waals surface area contributed by atoms with E-state index >= 15 is 0 Å². The fraction of sp³-hybridized carbons (Fsp3) is 0.462. The van der Waals surface area contributed by atoms with E-state index < -0.39 is 0 Å². The molecule has 1 saturated carbocycles. The highest BCUT2D eigenvalue weighted by molar-refractivity contribution is 9.10. The molecule has 0 N–H and O–H groups in total. The third-order valence-electron chi connectivity index (χ3n) is 3.05. The lowest BCUT2D eigenvalue weighted by molar-refractivity contribution is -0.135. The molecular formula is C13H13BrO3. The van der Waals surface area contributed by atoms with Crippen LogP contribution in [0.1, 0.15) is 24.8 Å². The number of hydrogen-bond acceptors (Lipinski definition) is 3. The first-order chi connectivity index (χ1) is 8.24. The fourth-order valence-electron chi connectivity index (χ4n) is 2.00. The lowest BCUT2D eigenvalue weighted by Gasteiger charge is -2.20. The van der Waals surface area contributed by atoms with Crippen molar-refractivity contribution >= 4 is 21.9 Å². The molecule has 17 heavy (non-hydrogen) atoms. The molecule has 0 amide bonds. The molecule has 1 aliphatic heterocycles. The van der Waals surface area contributed by atoms with Crippen molar-refractivity contribution in [3.63, 3.8) is 0 Å². The molecule has 0 unspecified atom stereocenters. The van der Waals surface area contributed by atoms with Gasteiger partial charge in [-0.25, -0.2) is 0 Å². The summed E-state index contributed by atoms with van der Waals surface area (Å²) in [6.45, 7) is 0.697. The van der Waals surface area contributed by atoms with Crippen LogP contribution in [0.2, 0.25) is 0 Å². The predicted molar refractivity (Wildman–Crippen MR) is 66.3 cm³/mol. The van der Waals surface area contributed by atoms with Crippen molar-refractivity contribution in [2.24, 2.45) is 5.92 Å². The van der Waals surface area contributed by atoms with Crippen LogP contribution in [0.4, 0.5) is 0 Å². The molecule has 4 heteroatoms. The zero-order valence-electron chi connectivity index (χ0n) is 9.37. The second-order valence-corrected chi connectivity index (χ2v) is 5.46. The summed E-state index contributed by atoms with van der Waals surface area (Å²) in [5.74, 6) is 1.28. The van der Waals surface area contributed by atoms with Crippen LogP contribution in [-0.4, -0.2) is 12.6 Å². The summed E-state index contributed by atoms with van der Waals surface area (Å²) in [5.41, 5.74) is 1.12. The largest absolute Gasteiger partial charge is 0.489 e. The molecule has 0 radical (unpaired) electrons. The Morgan fingerprint density at radius 2 is 2.24 bits per heavy atom. The van der Waals surface area contributed by atoms with E-state index in [1.807, 2.05) is 12.1 Å². The number of rotatable bonds is 2. The molecule has 0 saturated heterocycles. The number of carbonyl (C=O) groups is 1. The van der Waals surface area contributed by atoms with Gasteiger partial charge in [-0.1, -0.05) is 15.9 Å². The number of fused-ring (bicyclic) bond motifs is 1. The zero-order valence-corrected chi connectivity index (χ0v) is 11.0. The smallest absolute Gasteiger partial charge is 0.314 e. The number of hydrogen-bond donors (Lipinski definition) is 0. The summed E-state index contributed by atoms with van der Waals surface area (Å²) in [6.07, 6.45) is 3.90. The standard InChI is InChI=1S/C13H13BrO3/c14-10-6-9-2-1-5-16-12(9)11(7-10)17-13(15)8-3-4-8/h6-8H,1-5H2. The Balaban J connectivity index is 1.91. The van der Waals surface area contributed by atoms with Crippen LogP contribution in [0.5, 0.6) is 11.5 Å². The maximum atomic E-state index is 11.7. The van der Waals surface area contributed by atoms with Gasteiger partial charge in [0.25, 0.3) is 0 Å². The lowest BCUT2D eigenvalue weighted by Crippen LogP contribution is -2.14. The van der Waals surface area contributed by atoms with Gasteiger partial charge in [0, 0.05) is 4.47 Å². The number of carbonyl (C=O) groups excluding carboxylic acids is 1. The molecule has 2 aliphatic rings. The van der Waals surface area contributed by atoms with Gasteiger partial charge in [-0.05, 0) is 43.4 Å². The Bertz CT molecular complexity index is 466. The summed E-state index contributed by atoms with van der Waals surface area (Å²) in [6, 6.07) is 3.84. The number of ether oxygens (including phenoxy) is 2. The van der Waals surface area contributed by atoms with Crippen LogP contribution in [-0.2, 0) is 11.2 Å². The Labute approximate surface area is 108 Å². The van der Waals surface area contributed by atoms with Crippen LogP contribution in [0.15, 0.2) is 16.6 Å².